The van der Waals surface area contributed by atoms with Gasteiger partial charge in [-0.05, 0) is 37.2 Å². The van der Waals surface area contributed by atoms with Crippen molar-refractivity contribution < 1.29 is 4.74 Å². The standard InChI is InChI=1S/C13H20N2OS/c1-8(2)6-10-7-11(17)15-13(14-10)12(16-3)9-4-5-9/h7-9,12H,4-6H2,1-3H3,(H,14,15,17). The quantitative estimate of drug-likeness (QED) is 0.816. The molecule has 1 aliphatic rings. The van der Waals surface area contributed by atoms with Crippen LogP contribution in [0, 0.1) is 16.5 Å². The van der Waals surface area contributed by atoms with Crippen LogP contribution in [0.2, 0.25) is 0 Å². The molecule has 4 heteroatoms. The van der Waals surface area contributed by atoms with Crippen LogP contribution in [0.25, 0.3) is 0 Å². The molecule has 0 aliphatic heterocycles. The molecule has 0 bridgehead atoms. The average Bonchev–Trinajstić information content (AvgIpc) is 3.01. The van der Waals surface area contributed by atoms with Gasteiger partial charge >= 0.3 is 0 Å². The first-order valence-corrected chi connectivity index (χ1v) is 6.64. The fourth-order valence-electron chi connectivity index (χ4n) is 2.14. The Morgan fingerprint density at radius 3 is 2.76 bits per heavy atom. The van der Waals surface area contributed by atoms with Crippen molar-refractivity contribution in [3.8, 4) is 0 Å². The van der Waals surface area contributed by atoms with Crippen LogP contribution in [0.5, 0.6) is 0 Å². The molecule has 0 spiro atoms. The molecule has 3 nitrogen and oxygen atoms in total. The number of methoxy groups -OCH3 is 1. The molecule has 0 aromatic carbocycles. The fraction of sp³-hybridized carbons (Fsp3) is 0.692. The number of H-pyrrole nitrogens is 1. The number of hydrogen-bond donors (Lipinski definition) is 1. The van der Waals surface area contributed by atoms with E-state index in [4.69, 9.17) is 17.0 Å². The van der Waals surface area contributed by atoms with Crippen LogP contribution in [0.4, 0.5) is 0 Å². The Kier molecular flexibility index (Phi) is 3.94. The van der Waals surface area contributed by atoms with Crippen LogP contribution < -0.4 is 0 Å². The van der Waals surface area contributed by atoms with E-state index in [1.807, 2.05) is 6.07 Å². The second-order valence-corrected chi connectivity index (χ2v) is 5.64. The Morgan fingerprint density at radius 2 is 2.24 bits per heavy atom. The lowest BCUT2D eigenvalue weighted by Crippen LogP contribution is -2.11. The Labute approximate surface area is 108 Å². The second kappa shape index (κ2) is 5.27. The summed E-state index contributed by atoms with van der Waals surface area (Å²) in [6, 6.07) is 1.96. The third-order valence-corrected chi connectivity index (χ3v) is 3.23. The van der Waals surface area contributed by atoms with Crippen molar-refractivity contribution in [1.29, 1.82) is 0 Å². The Bertz CT molecular complexity index is 437. The summed E-state index contributed by atoms with van der Waals surface area (Å²) < 4.78 is 6.20. The van der Waals surface area contributed by atoms with Crippen molar-refractivity contribution in [3.63, 3.8) is 0 Å². The molecule has 1 atom stereocenters. The van der Waals surface area contributed by atoms with Gasteiger partial charge in [-0.3, -0.25) is 0 Å². The van der Waals surface area contributed by atoms with Crippen LogP contribution in [0.3, 0.4) is 0 Å². The molecule has 1 aromatic rings. The van der Waals surface area contributed by atoms with Crippen molar-refractivity contribution in [2.24, 2.45) is 11.8 Å². The molecule has 0 saturated heterocycles. The zero-order chi connectivity index (χ0) is 12.4. The van der Waals surface area contributed by atoms with Crippen LogP contribution in [-0.4, -0.2) is 17.1 Å². The van der Waals surface area contributed by atoms with E-state index in [1.165, 1.54) is 12.8 Å². The number of aromatic amines is 1. The molecule has 1 heterocycles. The molecule has 1 unspecified atom stereocenters. The van der Waals surface area contributed by atoms with Gasteiger partial charge in [0.15, 0.2) is 0 Å². The lowest BCUT2D eigenvalue weighted by Gasteiger charge is -2.15. The minimum atomic E-state index is 0.0869. The van der Waals surface area contributed by atoms with Gasteiger partial charge in [-0.25, -0.2) is 4.98 Å². The topological polar surface area (TPSA) is 37.9 Å². The highest BCUT2D eigenvalue weighted by Crippen LogP contribution is 2.41. The molecule has 2 rings (SSSR count). The highest BCUT2D eigenvalue weighted by atomic mass is 32.1. The van der Waals surface area contributed by atoms with E-state index in [9.17, 15) is 0 Å². The van der Waals surface area contributed by atoms with Crippen molar-refractivity contribution >= 4 is 12.2 Å². The first-order chi connectivity index (χ1) is 8.10. The predicted octanol–water partition coefficient (Wildman–Crippen LogP) is 3.44. The van der Waals surface area contributed by atoms with Gasteiger partial charge < -0.3 is 9.72 Å². The minimum Gasteiger partial charge on any atom is -0.373 e. The largest absolute Gasteiger partial charge is 0.373 e. The van der Waals surface area contributed by atoms with E-state index in [0.717, 1.165) is 17.9 Å². The van der Waals surface area contributed by atoms with Crippen LogP contribution in [0.15, 0.2) is 6.07 Å². The highest BCUT2D eigenvalue weighted by molar-refractivity contribution is 7.71. The monoisotopic (exact) mass is 252 g/mol. The summed E-state index contributed by atoms with van der Waals surface area (Å²) in [6.45, 7) is 4.40. The zero-order valence-electron chi connectivity index (χ0n) is 10.7. The van der Waals surface area contributed by atoms with Crippen LogP contribution >= 0.6 is 12.2 Å². The molecule has 94 valence electrons. The van der Waals surface area contributed by atoms with E-state index in [2.05, 4.69) is 23.8 Å². The number of hydrogen-bond acceptors (Lipinski definition) is 3. The van der Waals surface area contributed by atoms with Gasteiger partial charge in [0.05, 0.1) is 0 Å². The maximum atomic E-state index is 5.54. The predicted molar refractivity (Wildman–Crippen MR) is 70.4 cm³/mol. The number of nitrogens with one attached hydrogen (secondary N) is 1. The first-order valence-electron chi connectivity index (χ1n) is 6.23. The van der Waals surface area contributed by atoms with Crippen molar-refractivity contribution in [3.05, 3.63) is 22.2 Å². The maximum Gasteiger partial charge on any atom is 0.137 e. The van der Waals surface area contributed by atoms with E-state index in [0.29, 0.717) is 16.5 Å². The number of ether oxygens (including phenoxy) is 1. The summed E-state index contributed by atoms with van der Waals surface area (Å²) in [5.74, 6) is 2.13. The summed E-state index contributed by atoms with van der Waals surface area (Å²) in [5, 5.41) is 0. The lowest BCUT2D eigenvalue weighted by molar-refractivity contribution is 0.0769. The van der Waals surface area contributed by atoms with Crippen molar-refractivity contribution in [2.45, 2.75) is 39.2 Å². The van der Waals surface area contributed by atoms with E-state index < -0.39 is 0 Å². The first kappa shape index (κ1) is 12.7. The van der Waals surface area contributed by atoms with Gasteiger partial charge in [0.2, 0.25) is 0 Å². The average molecular weight is 252 g/mol. The Balaban J connectivity index is 2.26. The summed E-state index contributed by atoms with van der Waals surface area (Å²) in [7, 11) is 1.75. The summed E-state index contributed by atoms with van der Waals surface area (Å²) in [6.07, 6.45) is 3.55. The van der Waals surface area contributed by atoms with Gasteiger partial charge in [0.1, 0.15) is 16.6 Å². The molecule has 1 aliphatic carbocycles. The molecular formula is C13H20N2OS. The van der Waals surface area contributed by atoms with Crippen LogP contribution in [0.1, 0.15) is 44.3 Å². The number of rotatable bonds is 5. The smallest absolute Gasteiger partial charge is 0.137 e. The van der Waals surface area contributed by atoms with Gasteiger partial charge in [-0.2, -0.15) is 0 Å². The Hall–Kier alpha value is -0.740. The van der Waals surface area contributed by atoms with Gasteiger partial charge in [-0.15, -0.1) is 0 Å². The van der Waals surface area contributed by atoms with Gasteiger partial charge in [0.25, 0.3) is 0 Å². The summed E-state index contributed by atoms with van der Waals surface area (Å²) in [4.78, 5) is 7.79. The summed E-state index contributed by atoms with van der Waals surface area (Å²) in [5.41, 5.74) is 1.16. The van der Waals surface area contributed by atoms with E-state index in [-0.39, 0.29) is 6.10 Å². The molecule has 1 aromatic heterocycles. The lowest BCUT2D eigenvalue weighted by atomic mass is 10.1. The van der Waals surface area contributed by atoms with Crippen molar-refractivity contribution in [1.82, 2.24) is 9.97 Å². The molecule has 1 fully saturated rings. The fourth-order valence-corrected chi connectivity index (χ4v) is 2.38. The van der Waals surface area contributed by atoms with E-state index >= 15 is 0 Å². The molecule has 0 amide bonds. The third-order valence-electron chi connectivity index (χ3n) is 3.02. The Morgan fingerprint density at radius 1 is 1.53 bits per heavy atom. The molecular weight excluding hydrogens is 232 g/mol. The van der Waals surface area contributed by atoms with Gasteiger partial charge in [0, 0.05) is 12.8 Å². The maximum absolute atomic E-state index is 5.54. The third kappa shape index (κ3) is 3.36. The second-order valence-electron chi connectivity index (χ2n) is 5.22. The molecule has 1 saturated carbocycles. The number of nitrogens with zero attached hydrogens (tertiary/aromatic N) is 1. The molecule has 17 heavy (non-hydrogen) atoms. The normalized spacial score (nSPS) is 17.4. The molecule has 0 radical (unpaired) electrons. The van der Waals surface area contributed by atoms with E-state index in [1.54, 1.807) is 7.11 Å². The van der Waals surface area contributed by atoms with Crippen molar-refractivity contribution in [2.75, 3.05) is 7.11 Å². The molecule has 1 N–H and O–H groups in total. The minimum absolute atomic E-state index is 0.0869. The number of aromatic nitrogens is 2. The SMILES string of the molecule is COC(c1nc(=S)cc(CC(C)C)[nH]1)C1CC1. The zero-order valence-corrected chi connectivity index (χ0v) is 11.5. The van der Waals surface area contributed by atoms with Crippen LogP contribution in [-0.2, 0) is 11.2 Å². The van der Waals surface area contributed by atoms with Gasteiger partial charge in [-0.1, -0.05) is 26.1 Å². The summed E-state index contributed by atoms with van der Waals surface area (Å²) >= 11 is 5.23. The highest BCUT2D eigenvalue weighted by Gasteiger charge is 2.34.